The van der Waals surface area contributed by atoms with Crippen molar-refractivity contribution in [2.24, 2.45) is 0 Å². The highest BCUT2D eigenvalue weighted by Gasteiger charge is 2.25. The van der Waals surface area contributed by atoms with Crippen LogP contribution in [0.15, 0.2) is 23.1 Å². The summed E-state index contributed by atoms with van der Waals surface area (Å²) in [7, 11) is -3.61. The molecule has 2 N–H and O–H groups in total. The van der Waals surface area contributed by atoms with Crippen LogP contribution in [-0.2, 0) is 10.0 Å². The third-order valence-corrected chi connectivity index (χ3v) is 5.36. The summed E-state index contributed by atoms with van der Waals surface area (Å²) < 4.78 is 27.1. The third kappa shape index (κ3) is 2.83. The van der Waals surface area contributed by atoms with Crippen molar-refractivity contribution in [2.45, 2.75) is 30.2 Å². The zero-order valence-electron chi connectivity index (χ0n) is 9.39. The Labute approximate surface area is 119 Å². The van der Waals surface area contributed by atoms with Gasteiger partial charge in [0.25, 0.3) is 0 Å². The van der Waals surface area contributed by atoms with E-state index >= 15 is 0 Å². The summed E-state index contributed by atoms with van der Waals surface area (Å²) >= 11 is 1.87. The standard InChI is InChI=1S/C11H12INO4S/c12-10-5-4-8(6-9(10)11(14)15)18(16,17)13-7-2-1-3-7/h4-7,13H,1-3H2,(H,14,15). The minimum Gasteiger partial charge on any atom is -0.478 e. The summed E-state index contributed by atoms with van der Waals surface area (Å²) in [4.78, 5) is 11.0. The van der Waals surface area contributed by atoms with Crippen molar-refractivity contribution in [2.75, 3.05) is 0 Å². The van der Waals surface area contributed by atoms with Crippen molar-refractivity contribution in [3.63, 3.8) is 0 Å². The monoisotopic (exact) mass is 381 g/mol. The Hall–Kier alpha value is -0.670. The molecule has 1 fully saturated rings. The van der Waals surface area contributed by atoms with Gasteiger partial charge in [-0.3, -0.25) is 0 Å². The van der Waals surface area contributed by atoms with Crippen LogP contribution in [0, 0.1) is 3.57 Å². The number of nitrogens with one attached hydrogen (secondary N) is 1. The summed E-state index contributed by atoms with van der Waals surface area (Å²) in [6.07, 6.45) is 2.71. The molecule has 0 bridgehead atoms. The topological polar surface area (TPSA) is 83.5 Å². The van der Waals surface area contributed by atoms with Gasteiger partial charge >= 0.3 is 5.97 Å². The van der Waals surface area contributed by atoms with Gasteiger partial charge in [-0.05, 0) is 53.6 Å². The van der Waals surface area contributed by atoms with Gasteiger partial charge in [-0.2, -0.15) is 0 Å². The normalized spacial score (nSPS) is 16.3. The average Bonchev–Trinajstić information content (AvgIpc) is 2.23. The van der Waals surface area contributed by atoms with E-state index in [2.05, 4.69) is 4.72 Å². The van der Waals surface area contributed by atoms with Crippen molar-refractivity contribution in [3.05, 3.63) is 27.3 Å². The Bertz CT molecular complexity index is 581. The Morgan fingerprint density at radius 1 is 1.39 bits per heavy atom. The van der Waals surface area contributed by atoms with E-state index in [1.165, 1.54) is 18.2 Å². The molecule has 18 heavy (non-hydrogen) atoms. The fourth-order valence-corrected chi connectivity index (χ4v) is 3.55. The fourth-order valence-electron chi connectivity index (χ4n) is 1.65. The predicted octanol–water partition coefficient (Wildman–Crippen LogP) is 1.82. The van der Waals surface area contributed by atoms with Crippen LogP contribution in [0.5, 0.6) is 0 Å². The predicted molar refractivity (Wildman–Crippen MR) is 74.1 cm³/mol. The molecule has 1 aromatic carbocycles. The molecule has 1 aliphatic carbocycles. The molecule has 0 aromatic heterocycles. The number of benzene rings is 1. The first-order valence-electron chi connectivity index (χ1n) is 5.45. The molecular weight excluding hydrogens is 369 g/mol. The lowest BCUT2D eigenvalue weighted by Crippen LogP contribution is -2.39. The quantitative estimate of drug-likeness (QED) is 0.780. The van der Waals surface area contributed by atoms with Crippen molar-refractivity contribution >= 4 is 38.6 Å². The first kappa shape index (κ1) is 13.8. The van der Waals surface area contributed by atoms with Gasteiger partial charge in [0, 0.05) is 9.61 Å². The average molecular weight is 381 g/mol. The van der Waals surface area contributed by atoms with E-state index in [9.17, 15) is 13.2 Å². The van der Waals surface area contributed by atoms with Crippen LogP contribution in [0.25, 0.3) is 0 Å². The molecule has 0 aliphatic heterocycles. The van der Waals surface area contributed by atoms with Crippen LogP contribution in [0.3, 0.4) is 0 Å². The molecule has 1 aromatic rings. The summed E-state index contributed by atoms with van der Waals surface area (Å²) in [6.45, 7) is 0. The minimum absolute atomic E-state index is 0.00656. The van der Waals surface area contributed by atoms with Crippen LogP contribution >= 0.6 is 22.6 Å². The number of hydrogen-bond donors (Lipinski definition) is 2. The van der Waals surface area contributed by atoms with Crippen LogP contribution in [0.1, 0.15) is 29.6 Å². The van der Waals surface area contributed by atoms with E-state index in [4.69, 9.17) is 5.11 Å². The van der Waals surface area contributed by atoms with Gasteiger partial charge in [-0.15, -0.1) is 0 Å². The van der Waals surface area contributed by atoms with E-state index in [0.717, 1.165) is 19.3 Å². The molecule has 0 spiro atoms. The third-order valence-electron chi connectivity index (χ3n) is 2.91. The smallest absolute Gasteiger partial charge is 0.336 e. The van der Waals surface area contributed by atoms with Crippen molar-refractivity contribution in [1.29, 1.82) is 0 Å². The van der Waals surface area contributed by atoms with Crippen LogP contribution in [0.4, 0.5) is 0 Å². The van der Waals surface area contributed by atoms with E-state index in [0.29, 0.717) is 3.57 Å². The van der Waals surface area contributed by atoms with Gasteiger partial charge < -0.3 is 5.11 Å². The van der Waals surface area contributed by atoms with Crippen molar-refractivity contribution in [3.8, 4) is 0 Å². The molecule has 0 radical (unpaired) electrons. The van der Waals surface area contributed by atoms with E-state index < -0.39 is 16.0 Å². The number of carboxylic acid groups (broad SMARTS) is 1. The Morgan fingerprint density at radius 3 is 2.56 bits per heavy atom. The summed E-state index contributed by atoms with van der Waals surface area (Å²) in [5, 5.41) is 8.98. The maximum Gasteiger partial charge on any atom is 0.336 e. The molecule has 1 saturated carbocycles. The van der Waals surface area contributed by atoms with Crippen LogP contribution in [-0.4, -0.2) is 25.5 Å². The second-order valence-electron chi connectivity index (χ2n) is 4.20. The zero-order valence-corrected chi connectivity index (χ0v) is 12.4. The summed E-state index contributed by atoms with van der Waals surface area (Å²) in [5.74, 6) is -1.12. The highest BCUT2D eigenvalue weighted by Crippen LogP contribution is 2.22. The maximum atomic E-state index is 12.0. The van der Waals surface area contributed by atoms with Gasteiger partial charge in [0.2, 0.25) is 10.0 Å². The van der Waals surface area contributed by atoms with E-state index in [1.54, 1.807) is 0 Å². The molecule has 98 valence electrons. The lowest BCUT2D eigenvalue weighted by molar-refractivity contribution is 0.0695. The number of hydrogen-bond acceptors (Lipinski definition) is 3. The van der Waals surface area contributed by atoms with Crippen LogP contribution < -0.4 is 4.72 Å². The SMILES string of the molecule is O=C(O)c1cc(S(=O)(=O)NC2CCC2)ccc1I. The lowest BCUT2D eigenvalue weighted by atomic mass is 9.94. The van der Waals surface area contributed by atoms with Gasteiger partial charge in [-0.1, -0.05) is 6.42 Å². The molecule has 0 amide bonds. The van der Waals surface area contributed by atoms with Gasteiger partial charge in [0.05, 0.1) is 10.5 Å². The van der Waals surface area contributed by atoms with E-state index in [-0.39, 0.29) is 16.5 Å². The number of sulfonamides is 1. The largest absolute Gasteiger partial charge is 0.478 e. The molecule has 1 aliphatic rings. The molecule has 5 nitrogen and oxygen atoms in total. The van der Waals surface area contributed by atoms with Gasteiger partial charge in [0.1, 0.15) is 0 Å². The van der Waals surface area contributed by atoms with Crippen molar-refractivity contribution < 1.29 is 18.3 Å². The van der Waals surface area contributed by atoms with E-state index in [1.807, 2.05) is 22.6 Å². The van der Waals surface area contributed by atoms with Gasteiger partial charge in [0.15, 0.2) is 0 Å². The first-order valence-corrected chi connectivity index (χ1v) is 8.01. The summed E-state index contributed by atoms with van der Waals surface area (Å²) in [5.41, 5.74) is 0.00656. The molecular formula is C11H12INO4S. The molecule has 7 heteroatoms. The molecule has 0 unspecified atom stereocenters. The first-order chi connectivity index (χ1) is 8.40. The lowest BCUT2D eigenvalue weighted by Gasteiger charge is -2.26. The number of carboxylic acids is 1. The minimum atomic E-state index is -3.61. The van der Waals surface area contributed by atoms with Gasteiger partial charge in [-0.25, -0.2) is 17.9 Å². The Kier molecular flexibility index (Phi) is 3.93. The highest BCUT2D eigenvalue weighted by molar-refractivity contribution is 14.1. The zero-order chi connectivity index (χ0) is 13.3. The Balaban J connectivity index is 2.32. The highest BCUT2D eigenvalue weighted by atomic mass is 127. The molecule has 2 rings (SSSR count). The van der Waals surface area contributed by atoms with Crippen LogP contribution in [0.2, 0.25) is 0 Å². The maximum absolute atomic E-state index is 12.0. The molecule has 0 saturated heterocycles. The second-order valence-corrected chi connectivity index (χ2v) is 7.07. The second kappa shape index (κ2) is 5.14. The summed E-state index contributed by atoms with van der Waals surface area (Å²) in [6, 6.07) is 4.11. The number of carbonyl (C=O) groups is 1. The Morgan fingerprint density at radius 2 is 2.06 bits per heavy atom. The number of rotatable bonds is 4. The molecule has 0 atom stereocenters. The molecule has 0 heterocycles. The van der Waals surface area contributed by atoms with Crippen molar-refractivity contribution in [1.82, 2.24) is 4.72 Å². The number of halogens is 1. The fraction of sp³-hybridized carbons (Fsp3) is 0.364. The number of aromatic carboxylic acids is 1.